The Hall–Kier alpha value is -0.0400. The minimum Gasteiger partial charge on any atom is -0.370 e. The van der Waals surface area contributed by atoms with E-state index in [1.807, 2.05) is 0 Å². The normalized spacial score (nSPS) is 26.3. The SMILES string of the molecule is [CH2]CCCC1OC1CCCCCC. The van der Waals surface area contributed by atoms with E-state index in [-0.39, 0.29) is 0 Å². The number of hydrogen-bond acceptors (Lipinski definition) is 1. The zero-order chi connectivity index (χ0) is 9.52. The minimum absolute atomic E-state index is 0.600. The zero-order valence-corrected chi connectivity index (χ0v) is 8.93. The maximum Gasteiger partial charge on any atom is 0.0841 e. The van der Waals surface area contributed by atoms with Gasteiger partial charge in [-0.25, -0.2) is 0 Å². The number of ether oxygens (including phenoxy) is 1. The van der Waals surface area contributed by atoms with Crippen molar-refractivity contribution in [3.63, 3.8) is 0 Å². The molecule has 0 aromatic rings. The fraction of sp³-hybridized carbons (Fsp3) is 0.917. The summed E-state index contributed by atoms with van der Waals surface area (Å²) in [5, 5.41) is 0. The molecule has 1 aliphatic rings. The summed E-state index contributed by atoms with van der Waals surface area (Å²) < 4.78 is 5.57. The number of rotatable bonds is 8. The molecule has 0 aliphatic carbocycles. The van der Waals surface area contributed by atoms with Gasteiger partial charge in [-0.1, -0.05) is 52.4 Å². The van der Waals surface area contributed by atoms with E-state index >= 15 is 0 Å². The van der Waals surface area contributed by atoms with Crippen molar-refractivity contribution in [3.05, 3.63) is 6.92 Å². The molecule has 1 nitrogen and oxygen atoms in total. The van der Waals surface area contributed by atoms with E-state index in [4.69, 9.17) is 4.74 Å². The van der Waals surface area contributed by atoms with Gasteiger partial charge >= 0.3 is 0 Å². The number of hydrogen-bond donors (Lipinski definition) is 0. The molecular formula is C12H23O. The summed E-state index contributed by atoms with van der Waals surface area (Å²) in [5.41, 5.74) is 0. The molecule has 1 rings (SSSR count). The quantitative estimate of drug-likeness (QED) is 0.412. The van der Waals surface area contributed by atoms with Gasteiger partial charge < -0.3 is 4.74 Å². The first-order valence-corrected chi connectivity index (χ1v) is 5.83. The van der Waals surface area contributed by atoms with Crippen molar-refractivity contribution in [3.8, 4) is 0 Å². The van der Waals surface area contributed by atoms with E-state index in [1.165, 1.54) is 44.9 Å². The van der Waals surface area contributed by atoms with Gasteiger partial charge in [-0.15, -0.1) is 0 Å². The zero-order valence-electron chi connectivity index (χ0n) is 8.93. The van der Waals surface area contributed by atoms with Gasteiger partial charge in [0.2, 0.25) is 0 Å². The average Bonchev–Trinajstić information content (AvgIpc) is 2.88. The topological polar surface area (TPSA) is 12.5 Å². The first-order chi connectivity index (χ1) is 6.38. The predicted molar refractivity (Wildman–Crippen MR) is 56.6 cm³/mol. The molecule has 2 unspecified atom stereocenters. The lowest BCUT2D eigenvalue weighted by Gasteiger charge is -1.96. The van der Waals surface area contributed by atoms with E-state index in [1.54, 1.807) is 0 Å². The van der Waals surface area contributed by atoms with Gasteiger partial charge in [-0.05, 0) is 12.8 Å². The van der Waals surface area contributed by atoms with Crippen LogP contribution in [0.15, 0.2) is 0 Å². The van der Waals surface area contributed by atoms with Crippen molar-refractivity contribution in [1.29, 1.82) is 0 Å². The summed E-state index contributed by atoms with van der Waals surface area (Å²) in [4.78, 5) is 0. The van der Waals surface area contributed by atoms with Crippen molar-refractivity contribution >= 4 is 0 Å². The molecule has 2 atom stereocenters. The van der Waals surface area contributed by atoms with Crippen molar-refractivity contribution in [2.45, 2.75) is 70.5 Å². The third-order valence-electron chi connectivity index (χ3n) is 2.77. The third kappa shape index (κ3) is 4.66. The summed E-state index contributed by atoms with van der Waals surface area (Å²) in [6.45, 7) is 6.10. The molecule has 1 aliphatic heterocycles. The van der Waals surface area contributed by atoms with Crippen LogP contribution in [-0.2, 0) is 4.74 Å². The van der Waals surface area contributed by atoms with Crippen molar-refractivity contribution in [1.82, 2.24) is 0 Å². The Morgan fingerprint density at radius 3 is 2.31 bits per heavy atom. The van der Waals surface area contributed by atoms with Crippen LogP contribution in [0.25, 0.3) is 0 Å². The van der Waals surface area contributed by atoms with Crippen LogP contribution in [0.2, 0.25) is 0 Å². The van der Waals surface area contributed by atoms with Crippen molar-refractivity contribution in [2.24, 2.45) is 0 Å². The summed E-state index contributed by atoms with van der Waals surface area (Å²) in [6, 6.07) is 0. The van der Waals surface area contributed by atoms with Crippen LogP contribution in [0.5, 0.6) is 0 Å². The first kappa shape index (κ1) is 11.0. The van der Waals surface area contributed by atoms with Crippen molar-refractivity contribution < 1.29 is 4.74 Å². The molecule has 1 heteroatoms. The molecule has 77 valence electrons. The Balaban J connectivity index is 1.83. The molecule has 0 aromatic carbocycles. The monoisotopic (exact) mass is 183 g/mol. The molecule has 0 N–H and O–H groups in total. The molecule has 13 heavy (non-hydrogen) atoms. The van der Waals surface area contributed by atoms with Crippen LogP contribution in [-0.4, -0.2) is 12.2 Å². The lowest BCUT2D eigenvalue weighted by molar-refractivity contribution is 0.350. The molecule has 1 saturated heterocycles. The van der Waals surface area contributed by atoms with E-state index in [9.17, 15) is 0 Å². The molecule has 0 spiro atoms. The molecule has 1 fully saturated rings. The van der Waals surface area contributed by atoms with Gasteiger partial charge in [0.25, 0.3) is 0 Å². The van der Waals surface area contributed by atoms with Crippen LogP contribution in [0.4, 0.5) is 0 Å². The standard InChI is InChI=1S/C12H23O/c1-3-5-7-8-10-12-11(13-12)9-6-4-2/h11-12H,2-10H2,1H3. The van der Waals surface area contributed by atoms with Crippen LogP contribution < -0.4 is 0 Å². The van der Waals surface area contributed by atoms with Gasteiger partial charge in [-0.3, -0.25) is 0 Å². The van der Waals surface area contributed by atoms with Gasteiger partial charge in [0.1, 0.15) is 0 Å². The Morgan fingerprint density at radius 1 is 1.00 bits per heavy atom. The molecule has 0 bridgehead atoms. The highest BCUT2D eigenvalue weighted by molar-refractivity contribution is 4.84. The van der Waals surface area contributed by atoms with Crippen LogP contribution in [0.3, 0.4) is 0 Å². The van der Waals surface area contributed by atoms with Crippen LogP contribution in [0.1, 0.15) is 58.3 Å². The lowest BCUT2D eigenvalue weighted by atomic mass is 10.1. The second kappa shape index (κ2) is 6.42. The maximum absolute atomic E-state index is 5.57. The lowest BCUT2D eigenvalue weighted by Crippen LogP contribution is -1.94. The van der Waals surface area contributed by atoms with Crippen molar-refractivity contribution in [2.75, 3.05) is 0 Å². The van der Waals surface area contributed by atoms with Gasteiger partial charge in [0, 0.05) is 0 Å². The number of epoxide rings is 1. The summed E-state index contributed by atoms with van der Waals surface area (Å²) in [5.74, 6) is 0. The first-order valence-electron chi connectivity index (χ1n) is 5.83. The molecule has 0 saturated carbocycles. The second-order valence-electron chi connectivity index (χ2n) is 4.06. The molecule has 1 radical (unpaired) electrons. The Kier molecular flexibility index (Phi) is 5.45. The van der Waals surface area contributed by atoms with E-state index in [0.29, 0.717) is 12.2 Å². The summed E-state index contributed by atoms with van der Waals surface area (Å²) in [7, 11) is 0. The Bertz CT molecular complexity index is 122. The Labute approximate surface area is 82.9 Å². The maximum atomic E-state index is 5.57. The van der Waals surface area contributed by atoms with Crippen LogP contribution >= 0.6 is 0 Å². The van der Waals surface area contributed by atoms with E-state index < -0.39 is 0 Å². The Morgan fingerprint density at radius 2 is 1.69 bits per heavy atom. The summed E-state index contributed by atoms with van der Waals surface area (Å²) in [6.07, 6.45) is 11.5. The van der Waals surface area contributed by atoms with Gasteiger partial charge in [0.15, 0.2) is 0 Å². The minimum atomic E-state index is 0.600. The fourth-order valence-electron chi connectivity index (χ4n) is 1.80. The summed E-state index contributed by atoms with van der Waals surface area (Å²) >= 11 is 0. The second-order valence-corrected chi connectivity index (χ2v) is 4.06. The highest BCUT2D eigenvalue weighted by atomic mass is 16.6. The molecule has 1 heterocycles. The number of unbranched alkanes of at least 4 members (excludes halogenated alkanes) is 4. The molecule has 0 amide bonds. The molecular weight excluding hydrogens is 160 g/mol. The van der Waals surface area contributed by atoms with Gasteiger partial charge in [0.05, 0.1) is 12.2 Å². The highest BCUT2D eigenvalue weighted by Gasteiger charge is 2.36. The third-order valence-corrected chi connectivity index (χ3v) is 2.77. The molecule has 0 aromatic heterocycles. The highest BCUT2D eigenvalue weighted by Crippen LogP contribution is 2.31. The fourth-order valence-corrected chi connectivity index (χ4v) is 1.80. The van der Waals surface area contributed by atoms with E-state index in [2.05, 4.69) is 13.8 Å². The van der Waals surface area contributed by atoms with Gasteiger partial charge in [-0.2, -0.15) is 0 Å². The average molecular weight is 183 g/mol. The smallest absolute Gasteiger partial charge is 0.0841 e. The predicted octanol–water partition coefficient (Wildman–Crippen LogP) is 3.73. The largest absolute Gasteiger partial charge is 0.370 e. The van der Waals surface area contributed by atoms with Crippen LogP contribution in [0, 0.1) is 6.92 Å². The van der Waals surface area contributed by atoms with E-state index in [0.717, 1.165) is 6.42 Å².